The Bertz CT molecular complexity index is 124. The van der Waals surface area contributed by atoms with Crippen LogP contribution in [0.25, 0.3) is 0 Å². The highest BCUT2D eigenvalue weighted by atomic mass is 79.9. The second kappa shape index (κ2) is 4.52. The fourth-order valence-corrected chi connectivity index (χ4v) is 0.515. The van der Waals surface area contributed by atoms with Crippen LogP contribution in [-0.2, 0) is 4.79 Å². The van der Waals surface area contributed by atoms with Gasteiger partial charge < -0.3 is 10.8 Å². The van der Waals surface area contributed by atoms with Crippen molar-refractivity contribution in [3.05, 3.63) is 11.1 Å². The molecule has 1 atom stereocenters. The van der Waals surface area contributed by atoms with Gasteiger partial charge in [-0.2, -0.15) is 0 Å². The Hall–Kier alpha value is -0.350. The van der Waals surface area contributed by atoms with E-state index in [4.69, 9.17) is 10.8 Å². The van der Waals surface area contributed by atoms with E-state index in [0.29, 0.717) is 6.42 Å². The van der Waals surface area contributed by atoms with Gasteiger partial charge >= 0.3 is 5.97 Å². The smallest absolute Gasteiger partial charge is 0.320 e. The molecule has 0 fully saturated rings. The number of hydrogen-bond acceptors (Lipinski definition) is 2. The minimum Gasteiger partial charge on any atom is -0.480 e. The zero-order chi connectivity index (χ0) is 7.28. The van der Waals surface area contributed by atoms with Gasteiger partial charge in [-0.15, -0.1) is 0 Å². The average Bonchev–Trinajstić information content (AvgIpc) is 1.82. The van der Waals surface area contributed by atoms with Crippen LogP contribution >= 0.6 is 15.9 Å². The summed E-state index contributed by atoms with van der Waals surface area (Å²) < 4.78 is 0. The summed E-state index contributed by atoms with van der Waals surface area (Å²) in [6.07, 6.45) is 2.01. The fraction of sp³-hybridized carbons (Fsp3) is 0.400. The molecule has 0 spiro atoms. The molecule has 0 amide bonds. The van der Waals surface area contributed by atoms with E-state index in [-0.39, 0.29) is 0 Å². The average molecular weight is 194 g/mol. The Labute approximate surface area is 61.7 Å². The van der Waals surface area contributed by atoms with Crippen LogP contribution in [0.5, 0.6) is 0 Å². The lowest BCUT2D eigenvalue weighted by Crippen LogP contribution is -2.29. The third-order valence-electron chi connectivity index (χ3n) is 0.796. The zero-order valence-electron chi connectivity index (χ0n) is 4.75. The molecule has 3 N–H and O–H groups in total. The maximum atomic E-state index is 10.0. The molecule has 0 heterocycles. The SMILES string of the molecule is NC(C/C=C\Br)C(=O)O. The molecule has 52 valence electrons. The van der Waals surface area contributed by atoms with Gasteiger partial charge in [0, 0.05) is 0 Å². The van der Waals surface area contributed by atoms with Crippen molar-refractivity contribution in [2.24, 2.45) is 5.73 Å². The van der Waals surface area contributed by atoms with Gasteiger partial charge in [0.25, 0.3) is 0 Å². The number of halogens is 1. The van der Waals surface area contributed by atoms with Gasteiger partial charge in [0.05, 0.1) is 0 Å². The first-order chi connectivity index (χ1) is 4.18. The summed E-state index contributed by atoms with van der Waals surface area (Å²) in [6.45, 7) is 0. The van der Waals surface area contributed by atoms with Crippen molar-refractivity contribution >= 4 is 21.9 Å². The van der Waals surface area contributed by atoms with Crippen LogP contribution in [0.15, 0.2) is 11.1 Å². The summed E-state index contributed by atoms with van der Waals surface area (Å²) in [7, 11) is 0. The van der Waals surface area contributed by atoms with E-state index in [1.165, 1.54) is 0 Å². The third kappa shape index (κ3) is 4.17. The molecule has 0 aliphatic rings. The molecular formula is C5H8BrNO2. The highest BCUT2D eigenvalue weighted by Crippen LogP contribution is 1.92. The maximum Gasteiger partial charge on any atom is 0.320 e. The van der Waals surface area contributed by atoms with Crippen LogP contribution in [0, 0.1) is 0 Å². The lowest BCUT2D eigenvalue weighted by molar-refractivity contribution is -0.138. The molecule has 0 aliphatic heterocycles. The summed E-state index contributed by atoms with van der Waals surface area (Å²) in [4.78, 5) is 11.6. The lowest BCUT2D eigenvalue weighted by atomic mass is 10.2. The van der Waals surface area contributed by atoms with E-state index in [1.54, 1.807) is 11.1 Å². The molecule has 0 rings (SSSR count). The molecule has 4 heteroatoms. The third-order valence-corrected chi connectivity index (χ3v) is 1.17. The molecule has 0 aliphatic carbocycles. The van der Waals surface area contributed by atoms with E-state index in [2.05, 4.69) is 15.9 Å². The minimum atomic E-state index is -0.972. The molecule has 0 bridgehead atoms. The Morgan fingerprint density at radius 3 is 2.78 bits per heavy atom. The Balaban J connectivity index is 3.50. The molecule has 1 unspecified atom stereocenters. The first-order valence-electron chi connectivity index (χ1n) is 2.42. The van der Waals surface area contributed by atoms with E-state index >= 15 is 0 Å². The normalized spacial score (nSPS) is 14.0. The number of carboxylic acids is 1. The number of nitrogens with two attached hydrogens (primary N) is 1. The molecular weight excluding hydrogens is 186 g/mol. The zero-order valence-corrected chi connectivity index (χ0v) is 6.34. The van der Waals surface area contributed by atoms with Gasteiger partial charge in [-0.3, -0.25) is 4.79 Å². The number of rotatable bonds is 3. The van der Waals surface area contributed by atoms with Gasteiger partial charge in [-0.05, 0) is 11.4 Å². The quantitative estimate of drug-likeness (QED) is 0.694. The van der Waals surface area contributed by atoms with Crippen molar-refractivity contribution in [2.75, 3.05) is 0 Å². The van der Waals surface area contributed by atoms with E-state index < -0.39 is 12.0 Å². The van der Waals surface area contributed by atoms with Gasteiger partial charge in [0.2, 0.25) is 0 Å². The molecule has 3 nitrogen and oxygen atoms in total. The summed E-state index contributed by atoms with van der Waals surface area (Å²) in [5, 5.41) is 8.23. The monoisotopic (exact) mass is 193 g/mol. The maximum absolute atomic E-state index is 10.0. The first kappa shape index (κ1) is 8.65. The van der Waals surface area contributed by atoms with Gasteiger partial charge in [0.15, 0.2) is 0 Å². The van der Waals surface area contributed by atoms with Crippen LogP contribution in [-0.4, -0.2) is 17.1 Å². The van der Waals surface area contributed by atoms with Crippen LogP contribution in [0.3, 0.4) is 0 Å². The first-order valence-corrected chi connectivity index (χ1v) is 3.33. The van der Waals surface area contributed by atoms with E-state index in [0.717, 1.165) is 0 Å². The van der Waals surface area contributed by atoms with Crippen LogP contribution in [0.2, 0.25) is 0 Å². The lowest BCUT2D eigenvalue weighted by Gasteiger charge is -1.98. The summed E-state index contributed by atoms with van der Waals surface area (Å²) in [6, 6.07) is -0.779. The summed E-state index contributed by atoms with van der Waals surface area (Å²) in [5.74, 6) is -0.972. The van der Waals surface area contributed by atoms with Crippen molar-refractivity contribution in [3.8, 4) is 0 Å². The Kier molecular flexibility index (Phi) is 4.35. The van der Waals surface area contributed by atoms with Gasteiger partial charge in [-0.1, -0.05) is 22.0 Å². The highest BCUT2D eigenvalue weighted by Gasteiger charge is 2.07. The van der Waals surface area contributed by atoms with Crippen LogP contribution < -0.4 is 5.73 Å². The molecule has 9 heavy (non-hydrogen) atoms. The second-order valence-electron chi connectivity index (χ2n) is 1.54. The Morgan fingerprint density at radius 1 is 1.89 bits per heavy atom. The van der Waals surface area contributed by atoms with Gasteiger partial charge in [-0.25, -0.2) is 0 Å². The van der Waals surface area contributed by atoms with Gasteiger partial charge in [0.1, 0.15) is 6.04 Å². The molecule has 0 aromatic rings. The number of hydrogen-bond donors (Lipinski definition) is 2. The summed E-state index contributed by atoms with van der Waals surface area (Å²) >= 11 is 3.00. The van der Waals surface area contributed by atoms with Crippen molar-refractivity contribution in [2.45, 2.75) is 12.5 Å². The van der Waals surface area contributed by atoms with Crippen LogP contribution in [0.1, 0.15) is 6.42 Å². The number of aliphatic carboxylic acids is 1. The second-order valence-corrected chi connectivity index (χ2v) is 2.07. The van der Waals surface area contributed by atoms with E-state index in [9.17, 15) is 4.79 Å². The minimum absolute atomic E-state index is 0.362. The Morgan fingerprint density at radius 2 is 2.44 bits per heavy atom. The molecule has 0 aromatic heterocycles. The van der Waals surface area contributed by atoms with Crippen molar-refractivity contribution in [3.63, 3.8) is 0 Å². The predicted molar refractivity (Wildman–Crippen MR) is 38.3 cm³/mol. The number of carbonyl (C=O) groups is 1. The van der Waals surface area contributed by atoms with E-state index in [1.807, 2.05) is 0 Å². The van der Waals surface area contributed by atoms with Crippen molar-refractivity contribution in [1.82, 2.24) is 0 Å². The van der Waals surface area contributed by atoms with Crippen molar-refractivity contribution < 1.29 is 9.90 Å². The number of carboxylic acid groups (broad SMARTS) is 1. The molecule has 0 aromatic carbocycles. The molecule has 0 saturated carbocycles. The highest BCUT2D eigenvalue weighted by molar-refractivity contribution is 9.11. The largest absolute Gasteiger partial charge is 0.480 e. The predicted octanol–water partition coefficient (Wildman–Crippen LogP) is 0.697. The topological polar surface area (TPSA) is 63.3 Å². The standard InChI is InChI=1S/C5H8BrNO2/c6-3-1-2-4(7)5(8)9/h1,3-4H,2,7H2,(H,8,9)/b3-1-. The summed E-state index contributed by atoms with van der Waals surface area (Å²) in [5.41, 5.74) is 5.13. The fourth-order valence-electron chi connectivity index (χ4n) is 0.299. The van der Waals surface area contributed by atoms with Crippen molar-refractivity contribution in [1.29, 1.82) is 0 Å². The van der Waals surface area contributed by atoms with Crippen LogP contribution in [0.4, 0.5) is 0 Å². The molecule has 0 radical (unpaired) electrons. The molecule has 0 saturated heterocycles.